The second-order valence-electron chi connectivity index (χ2n) is 5.09. The van der Waals surface area contributed by atoms with Crippen LogP contribution in [0.25, 0.3) is 0 Å². The van der Waals surface area contributed by atoms with Gasteiger partial charge in [0.1, 0.15) is 0 Å². The minimum absolute atomic E-state index is 0.288. The number of thioether (sulfide) groups is 1. The lowest BCUT2D eigenvalue weighted by Gasteiger charge is -2.23. The van der Waals surface area contributed by atoms with Crippen molar-refractivity contribution in [3.63, 3.8) is 0 Å². The van der Waals surface area contributed by atoms with Crippen LogP contribution in [0.15, 0.2) is 23.2 Å². The van der Waals surface area contributed by atoms with E-state index < -0.39 is 0 Å². The number of hydrogen-bond acceptors (Lipinski definition) is 4. The van der Waals surface area contributed by atoms with Crippen LogP contribution in [0.2, 0.25) is 0 Å². The number of nitrogens with zero attached hydrogens (tertiary/aromatic N) is 1. The molecule has 0 bridgehead atoms. The zero-order valence-electron chi connectivity index (χ0n) is 12.1. The van der Waals surface area contributed by atoms with Crippen molar-refractivity contribution in [2.45, 2.75) is 33.2 Å². The lowest BCUT2D eigenvalue weighted by molar-refractivity contribution is 0.321. The SMILES string of the molecule is CCOc1ccc(NC2=NC(C(C)C)CCS2)cc1F. The minimum Gasteiger partial charge on any atom is -0.491 e. The maximum Gasteiger partial charge on any atom is 0.167 e. The van der Waals surface area contributed by atoms with Gasteiger partial charge in [0.2, 0.25) is 0 Å². The third-order valence-corrected chi connectivity index (χ3v) is 4.11. The van der Waals surface area contributed by atoms with Crippen molar-refractivity contribution in [3.05, 3.63) is 24.0 Å². The molecule has 1 unspecified atom stereocenters. The number of nitrogens with one attached hydrogen (secondary N) is 1. The number of ether oxygens (including phenoxy) is 1. The van der Waals surface area contributed by atoms with Crippen LogP contribution in [-0.4, -0.2) is 23.6 Å². The molecule has 0 spiro atoms. The highest BCUT2D eigenvalue weighted by atomic mass is 32.2. The van der Waals surface area contributed by atoms with Crippen LogP contribution in [0, 0.1) is 11.7 Å². The molecule has 1 heterocycles. The third kappa shape index (κ3) is 3.88. The Morgan fingerprint density at radius 3 is 2.95 bits per heavy atom. The number of benzene rings is 1. The molecule has 1 aliphatic rings. The summed E-state index contributed by atoms with van der Waals surface area (Å²) in [5.74, 6) is 1.52. The van der Waals surface area contributed by atoms with Gasteiger partial charge >= 0.3 is 0 Å². The van der Waals surface area contributed by atoms with Gasteiger partial charge in [-0.1, -0.05) is 25.6 Å². The first-order valence-electron chi connectivity index (χ1n) is 7.00. The molecule has 0 fully saturated rings. The fraction of sp³-hybridized carbons (Fsp3) is 0.533. The number of rotatable bonds is 4. The summed E-state index contributed by atoms with van der Waals surface area (Å²) in [6.07, 6.45) is 1.10. The van der Waals surface area contributed by atoms with E-state index in [0.717, 1.165) is 17.3 Å². The van der Waals surface area contributed by atoms with Gasteiger partial charge in [0.15, 0.2) is 16.7 Å². The fourth-order valence-electron chi connectivity index (χ4n) is 2.05. The number of halogens is 1. The van der Waals surface area contributed by atoms with Gasteiger partial charge in [-0.05, 0) is 31.4 Å². The molecule has 20 heavy (non-hydrogen) atoms. The summed E-state index contributed by atoms with van der Waals surface area (Å²) in [6, 6.07) is 5.27. The molecule has 0 radical (unpaired) electrons. The van der Waals surface area contributed by atoms with Crippen LogP contribution in [0.3, 0.4) is 0 Å². The average Bonchev–Trinajstić information content (AvgIpc) is 2.42. The summed E-state index contributed by atoms with van der Waals surface area (Å²) in [5.41, 5.74) is 0.710. The highest BCUT2D eigenvalue weighted by Crippen LogP contribution is 2.26. The van der Waals surface area contributed by atoms with E-state index in [9.17, 15) is 4.39 Å². The van der Waals surface area contributed by atoms with Gasteiger partial charge in [-0.15, -0.1) is 0 Å². The Hall–Kier alpha value is -1.23. The quantitative estimate of drug-likeness (QED) is 0.906. The molecular weight excluding hydrogens is 275 g/mol. The Bertz CT molecular complexity index is 491. The van der Waals surface area contributed by atoms with Crippen molar-refractivity contribution >= 4 is 22.6 Å². The van der Waals surface area contributed by atoms with E-state index in [1.807, 2.05) is 13.0 Å². The molecule has 0 aliphatic carbocycles. The Labute approximate surface area is 124 Å². The molecule has 1 aromatic rings. The minimum atomic E-state index is -0.348. The second kappa shape index (κ2) is 6.97. The summed E-state index contributed by atoms with van der Waals surface area (Å²) in [4.78, 5) is 4.68. The summed E-state index contributed by atoms with van der Waals surface area (Å²) in [7, 11) is 0. The number of anilines is 1. The first-order chi connectivity index (χ1) is 9.60. The smallest absolute Gasteiger partial charge is 0.167 e. The van der Waals surface area contributed by atoms with E-state index in [1.165, 1.54) is 6.07 Å². The Morgan fingerprint density at radius 2 is 2.30 bits per heavy atom. The van der Waals surface area contributed by atoms with Crippen LogP contribution in [0.4, 0.5) is 10.1 Å². The van der Waals surface area contributed by atoms with Gasteiger partial charge in [-0.3, -0.25) is 4.99 Å². The van der Waals surface area contributed by atoms with Crippen molar-refractivity contribution in [3.8, 4) is 5.75 Å². The van der Waals surface area contributed by atoms with Gasteiger partial charge in [-0.25, -0.2) is 4.39 Å². The van der Waals surface area contributed by atoms with Crippen molar-refractivity contribution in [2.24, 2.45) is 10.9 Å². The molecule has 0 aromatic heterocycles. The lowest BCUT2D eigenvalue weighted by atomic mass is 10.0. The van der Waals surface area contributed by atoms with Crippen LogP contribution in [0.1, 0.15) is 27.2 Å². The van der Waals surface area contributed by atoms with Gasteiger partial charge in [0, 0.05) is 17.5 Å². The molecule has 0 saturated heterocycles. The predicted octanol–water partition coefficient (Wildman–Crippen LogP) is 4.15. The van der Waals surface area contributed by atoms with Crippen LogP contribution in [0.5, 0.6) is 5.75 Å². The highest BCUT2D eigenvalue weighted by molar-refractivity contribution is 8.14. The predicted molar refractivity (Wildman–Crippen MR) is 84.3 cm³/mol. The summed E-state index contributed by atoms with van der Waals surface area (Å²) in [6.45, 7) is 6.66. The summed E-state index contributed by atoms with van der Waals surface area (Å²) < 4.78 is 19.0. The molecule has 3 nitrogen and oxygen atoms in total. The Morgan fingerprint density at radius 1 is 1.50 bits per heavy atom. The van der Waals surface area contributed by atoms with Crippen molar-refractivity contribution in [1.82, 2.24) is 0 Å². The Kier molecular flexibility index (Phi) is 5.29. The van der Waals surface area contributed by atoms with Gasteiger partial charge in [-0.2, -0.15) is 0 Å². The van der Waals surface area contributed by atoms with E-state index in [4.69, 9.17) is 4.74 Å². The number of hydrogen-bond donors (Lipinski definition) is 1. The standard InChI is InChI=1S/C15H21FN2OS/c1-4-19-14-6-5-11(9-12(14)16)17-15-18-13(10(2)3)7-8-20-15/h5-6,9-10,13H,4,7-8H2,1-3H3,(H,17,18). The van der Waals surface area contributed by atoms with Crippen LogP contribution < -0.4 is 10.1 Å². The average molecular weight is 296 g/mol. The number of aliphatic imine (C=N–C) groups is 1. The van der Waals surface area contributed by atoms with Crippen LogP contribution in [-0.2, 0) is 0 Å². The molecule has 1 N–H and O–H groups in total. The fourth-order valence-corrected chi connectivity index (χ4v) is 3.01. The maximum atomic E-state index is 13.8. The molecule has 110 valence electrons. The molecule has 5 heteroatoms. The summed E-state index contributed by atoms with van der Waals surface area (Å²) >= 11 is 1.68. The van der Waals surface area contributed by atoms with Crippen molar-refractivity contribution in [1.29, 1.82) is 0 Å². The molecule has 1 aromatic carbocycles. The topological polar surface area (TPSA) is 33.6 Å². The van der Waals surface area contributed by atoms with Crippen molar-refractivity contribution < 1.29 is 9.13 Å². The molecular formula is C15H21FN2OS. The normalized spacial score (nSPS) is 18.9. The maximum absolute atomic E-state index is 13.8. The van der Waals surface area contributed by atoms with E-state index in [0.29, 0.717) is 24.3 Å². The zero-order chi connectivity index (χ0) is 14.5. The van der Waals surface area contributed by atoms with Crippen LogP contribution >= 0.6 is 11.8 Å². The lowest BCUT2D eigenvalue weighted by Crippen LogP contribution is -2.23. The second-order valence-corrected chi connectivity index (χ2v) is 6.17. The van der Waals surface area contributed by atoms with E-state index in [1.54, 1.807) is 17.8 Å². The molecule has 1 atom stereocenters. The monoisotopic (exact) mass is 296 g/mol. The molecule has 2 rings (SSSR count). The van der Waals surface area contributed by atoms with Gasteiger partial charge in [0.25, 0.3) is 0 Å². The molecule has 0 saturated carbocycles. The van der Waals surface area contributed by atoms with E-state index in [2.05, 4.69) is 24.2 Å². The van der Waals surface area contributed by atoms with E-state index >= 15 is 0 Å². The first-order valence-corrected chi connectivity index (χ1v) is 7.98. The first kappa shape index (κ1) is 15.2. The largest absolute Gasteiger partial charge is 0.491 e. The van der Waals surface area contributed by atoms with Gasteiger partial charge in [0.05, 0.1) is 12.6 Å². The molecule has 0 amide bonds. The zero-order valence-corrected chi connectivity index (χ0v) is 13.0. The van der Waals surface area contributed by atoms with E-state index in [-0.39, 0.29) is 11.6 Å². The highest BCUT2D eigenvalue weighted by Gasteiger charge is 2.18. The van der Waals surface area contributed by atoms with Crippen molar-refractivity contribution in [2.75, 3.05) is 17.7 Å². The summed E-state index contributed by atoms with van der Waals surface area (Å²) in [5, 5.41) is 4.07. The number of amidine groups is 1. The Balaban J connectivity index is 2.08. The molecule has 1 aliphatic heterocycles. The third-order valence-electron chi connectivity index (χ3n) is 3.19. The van der Waals surface area contributed by atoms with Gasteiger partial charge < -0.3 is 10.1 Å².